The van der Waals surface area contributed by atoms with E-state index in [1.54, 1.807) is 36.6 Å². The zero-order chi connectivity index (χ0) is 24.2. The largest absolute Gasteiger partial charge is 0.493 e. The van der Waals surface area contributed by atoms with Gasteiger partial charge in [0.15, 0.2) is 0 Å². The number of amides is 1. The maximum absolute atomic E-state index is 14.0. The molecule has 0 aliphatic heterocycles. The molecule has 0 unspecified atom stereocenters. The molecule has 0 saturated carbocycles. The lowest BCUT2D eigenvalue weighted by Crippen LogP contribution is -2.19. The molecule has 6 nitrogen and oxygen atoms in total. The van der Waals surface area contributed by atoms with Crippen LogP contribution in [0.4, 0.5) is 10.2 Å². The number of hydrogen-bond acceptors (Lipinski definition) is 6. The normalized spacial score (nSPS) is 11.0. The van der Waals surface area contributed by atoms with Crippen molar-refractivity contribution in [1.82, 2.24) is 15.3 Å². The summed E-state index contributed by atoms with van der Waals surface area (Å²) in [6.45, 7) is 7.01. The first-order valence-electron chi connectivity index (χ1n) is 11.1. The summed E-state index contributed by atoms with van der Waals surface area (Å²) in [6, 6.07) is 10.5. The molecule has 2 aromatic heterocycles. The van der Waals surface area contributed by atoms with Crippen LogP contribution >= 0.6 is 11.3 Å². The van der Waals surface area contributed by atoms with E-state index >= 15 is 0 Å². The second-order valence-corrected chi connectivity index (χ2v) is 9.15. The van der Waals surface area contributed by atoms with E-state index in [4.69, 9.17) is 4.74 Å². The highest BCUT2D eigenvalue weighted by molar-refractivity contribution is 7.19. The Morgan fingerprint density at radius 1 is 1.15 bits per heavy atom. The Kier molecular flexibility index (Phi) is 7.07. The predicted octanol–water partition coefficient (Wildman–Crippen LogP) is 5.53. The summed E-state index contributed by atoms with van der Waals surface area (Å²) in [7, 11) is 1.59. The lowest BCUT2D eigenvalue weighted by atomic mass is 10.1. The van der Waals surface area contributed by atoms with Gasteiger partial charge in [-0.1, -0.05) is 6.07 Å². The molecule has 4 rings (SSSR count). The van der Waals surface area contributed by atoms with Gasteiger partial charge in [0.2, 0.25) is 0 Å². The zero-order valence-electron chi connectivity index (χ0n) is 19.7. The van der Waals surface area contributed by atoms with Crippen LogP contribution in [-0.2, 0) is 6.42 Å². The zero-order valence-corrected chi connectivity index (χ0v) is 20.5. The number of rotatable bonds is 8. The van der Waals surface area contributed by atoms with Crippen LogP contribution in [0, 0.1) is 19.7 Å². The molecule has 0 atom stereocenters. The number of ether oxygens (including phenoxy) is 1. The van der Waals surface area contributed by atoms with Crippen LogP contribution in [-0.4, -0.2) is 36.1 Å². The Bertz CT molecular complexity index is 1350. The van der Waals surface area contributed by atoms with Crippen molar-refractivity contribution in [2.75, 3.05) is 25.5 Å². The van der Waals surface area contributed by atoms with Crippen LogP contribution in [0.5, 0.6) is 5.75 Å². The van der Waals surface area contributed by atoms with E-state index in [2.05, 4.69) is 27.5 Å². The van der Waals surface area contributed by atoms with Gasteiger partial charge in [0.25, 0.3) is 5.91 Å². The average Bonchev–Trinajstić information content (AvgIpc) is 3.14. The number of nitrogens with zero attached hydrogens (tertiary/aromatic N) is 2. The number of nitrogens with one attached hydrogen (secondary N) is 2. The lowest BCUT2D eigenvalue weighted by molar-refractivity contribution is 0.0959. The Morgan fingerprint density at radius 2 is 1.97 bits per heavy atom. The number of thiophene rings is 1. The fourth-order valence-corrected chi connectivity index (χ4v) is 5.16. The van der Waals surface area contributed by atoms with Gasteiger partial charge in [0.05, 0.1) is 17.9 Å². The molecule has 8 heteroatoms. The minimum atomic E-state index is -0.202. The highest BCUT2D eigenvalue weighted by atomic mass is 32.1. The number of aromatic nitrogens is 2. The summed E-state index contributed by atoms with van der Waals surface area (Å²) in [4.78, 5) is 22.1. The van der Waals surface area contributed by atoms with Crippen LogP contribution in [0.15, 0.2) is 42.7 Å². The van der Waals surface area contributed by atoms with Crippen LogP contribution in [0.1, 0.15) is 33.3 Å². The molecule has 2 N–H and O–H groups in total. The van der Waals surface area contributed by atoms with E-state index in [-0.39, 0.29) is 11.7 Å². The summed E-state index contributed by atoms with van der Waals surface area (Å²) in [5.74, 6) is 0.797. The molecule has 0 bridgehead atoms. The van der Waals surface area contributed by atoms with Crippen molar-refractivity contribution >= 4 is 33.1 Å². The van der Waals surface area contributed by atoms with Crippen molar-refractivity contribution in [3.8, 4) is 17.0 Å². The van der Waals surface area contributed by atoms with Crippen molar-refractivity contribution in [3.63, 3.8) is 0 Å². The highest BCUT2D eigenvalue weighted by Gasteiger charge is 2.14. The van der Waals surface area contributed by atoms with Crippen LogP contribution in [0.25, 0.3) is 21.3 Å². The number of hydrogen-bond donors (Lipinski definition) is 2. The maximum Gasteiger partial charge on any atom is 0.254 e. The molecule has 34 heavy (non-hydrogen) atoms. The molecule has 176 valence electrons. The number of fused-ring (bicyclic) bond motifs is 1. The van der Waals surface area contributed by atoms with Gasteiger partial charge in [0, 0.05) is 34.8 Å². The van der Waals surface area contributed by atoms with Gasteiger partial charge in [-0.25, -0.2) is 14.4 Å². The van der Waals surface area contributed by atoms with Gasteiger partial charge >= 0.3 is 0 Å². The number of carbonyl (C=O) groups is 1. The topological polar surface area (TPSA) is 76.1 Å². The third kappa shape index (κ3) is 4.87. The first kappa shape index (κ1) is 23.6. The molecule has 2 heterocycles. The number of halogens is 1. The number of carbonyl (C=O) groups excluding carboxylic acids is 1. The molecule has 0 aliphatic rings. The highest BCUT2D eigenvalue weighted by Crippen LogP contribution is 2.34. The minimum Gasteiger partial charge on any atom is -0.493 e. The molecular weight excluding hydrogens is 451 g/mol. The molecule has 2 aromatic carbocycles. The smallest absolute Gasteiger partial charge is 0.254 e. The molecule has 1 amide bonds. The Balaban J connectivity index is 1.52. The summed E-state index contributed by atoms with van der Waals surface area (Å²) in [6.07, 6.45) is 2.26. The SMILES string of the molecule is CCOc1cc(-c2cc(NCCc3c(C)sc4c(C)cc(F)cc34)ncn2)ccc1C(=O)NC. The van der Waals surface area contributed by atoms with Gasteiger partial charge in [-0.05, 0) is 68.0 Å². The van der Waals surface area contributed by atoms with Crippen molar-refractivity contribution in [1.29, 1.82) is 0 Å². The second kappa shape index (κ2) is 10.2. The maximum atomic E-state index is 14.0. The van der Waals surface area contributed by atoms with Gasteiger partial charge in [-0.2, -0.15) is 0 Å². The van der Waals surface area contributed by atoms with E-state index in [0.29, 0.717) is 30.3 Å². The first-order valence-corrected chi connectivity index (χ1v) is 12.0. The van der Waals surface area contributed by atoms with Gasteiger partial charge < -0.3 is 15.4 Å². The van der Waals surface area contributed by atoms with Gasteiger partial charge in [0.1, 0.15) is 23.7 Å². The quantitative estimate of drug-likeness (QED) is 0.348. The van der Waals surface area contributed by atoms with Crippen LogP contribution < -0.4 is 15.4 Å². The van der Waals surface area contributed by atoms with E-state index in [9.17, 15) is 9.18 Å². The molecular formula is C26H27FN4O2S. The third-order valence-electron chi connectivity index (χ3n) is 5.64. The molecule has 4 aromatic rings. The Labute approximate surface area is 202 Å². The van der Waals surface area contributed by atoms with E-state index in [1.807, 2.05) is 32.0 Å². The number of anilines is 1. The van der Waals surface area contributed by atoms with Gasteiger partial charge in [-0.15, -0.1) is 11.3 Å². The predicted molar refractivity (Wildman–Crippen MR) is 135 cm³/mol. The van der Waals surface area contributed by atoms with Crippen molar-refractivity contribution in [3.05, 3.63) is 70.1 Å². The lowest BCUT2D eigenvalue weighted by Gasteiger charge is -2.12. The van der Waals surface area contributed by atoms with Crippen molar-refractivity contribution in [2.45, 2.75) is 27.2 Å². The van der Waals surface area contributed by atoms with Crippen molar-refractivity contribution in [2.24, 2.45) is 0 Å². The van der Waals surface area contributed by atoms with E-state index in [0.717, 1.165) is 38.9 Å². The Hall–Kier alpha value is -3.52. The van der Waals surface area contributed by atoms with Gasteiger partial charge in [-0.3, -0.25) is 4.79 Å². The molecule has 0 fully saturated rings. The third-order valence-corrected chi connectivity index (χ3v) is 6.94. The summed E-state index contributed by atoms with van der Waals surface area (Å²) in [5, 5.41) is 6.98. The minimum absolute atomic E-state index is 0.202. The molecule has 0 spiro atoms. The molecule has 0 saturated heterocycles. The van der Waals surface area contributed by atoms with Crippen LogP contribution in [0.3, 0.4) is 0 Å². The summed E-state index contributed by atoms with van der Waals surface area (Å²) >= 11 is 1.71. The van der Waals surface area contributed by atoms with E-state index < -0.39 is 0 Å². The average molecular weight is 479 g/mol. The Morgan fingerprint density at radius 3 is 2.74 bits per heavy atom. The second-order valence-electron chi connectivity index (χ2n) is 7.92. The number of aryl methyl sites for hydroxylation is 2. The fraction of sp³-hybridized carbons (Fsp3) is 0.269. The van der Waals surface area contributed by atoms with Crippen molar-refractivity contribution < 1.29 is 13.9 Å². The molecule has 0 radical (unpaired) electrons. The summed E-state index contributed by atoms with van der Waals surface area (Å²) in [5.41, 5.74) is 4.15. The summed E-state index contributed by atoms with van der Waals surface area (Å²) < 4.78 is 20.8. The monoisotopic (exact) mass is 478 g/mol. The first-order chi connectivity index (χ1) is 16.4. The van der Waals surface area contributed by atoms with Crippen LogP contribution in [0.2, 0.25) is 0 Å². The fourth-order valence-electron chi connectivity index (χ4n) is 4.01. The number of benzene rings is 2. The molecule has 0 aliphatic carbocycles. The van der Waals surface area contributed by atoms with E-state index in [1.165, 1.54) is 11.2 Å². The standard InChI is InChI=1S/C26H27FN4O2S/c1-5-33-23-11-17(6-7-20(23)26(32)28-4)22-13-24(31-14-30-22)29-9-8-19-16(3)34-25-15(2)10-18(27)12-21(19)25/h6-7,10-14H,5,8-9H2,1-4H3,(H,28,32)(H,29,30,31).